The van der Waals surface area contributed by atoms with Crippen LogP contribution in [0.5, 0.6) is 0 Å². The summed E-state index contributed by atoms with van der Waals surface area (Å²) in [7, 11) is 0. The number of hydrogen-bond acceptors (Lipinski definition) is 4. The van der Waals surface area contributed by atoms with Crippen molar-refractivity contribution in [3.63, 3.8) is 0 Å². The molecule has 2 atom stereocenters. The summed E-state index contributed by atoms with van der Waals surface area (Å²) in [5, 5.41) is 3.87. The number of nitrogens with zero attached hydrogens (tertiary/aromatic N) is 5. The zero-order valence-corrected chi connectivity index (χ0v) is 21.0. The van der Waals surface area contributed by atoms with Gasteiger partial charge in [0.05, 0.1) is 11.4 Å². The molecule has 2 saturated heterocycles. The van der Waals surface area contributed by atoms with Gasteiger partial charge in [-0.05, 0) is 49.1 Å². The van der Waals surface area contributed by atoms with Crippen molar-refractivity contribution in [3.05, 3.63) is 88.8 Å². The number of amides is 2. The van der Waals surface area contributed by atoms with Gasteiger partial charge >= 0.3 is 6.03 Å². The molecule has 2 unspecified atom stereocenters. The summed E-state index contributed by atoms with van der Waals surface area (Å²) in [5.74, 6) is 0.689. The number of imidazole rings is 1. The van der Waals surface area contributed by atoms with Crippen molar-refractivity contribution >= 4 is 23.4 Å². The number of fused-ring (bicyclic) bond motifs is 3. The highest BCUT2D eigenvalue weighted by Gasteiger charge is 2.42. The number of halogens is 1. The van der Waals surface area contributed by atoms with Gasteiger partial charge in [-0.15, -0.1) is 0 Å². The average Bonchev–Trinajstić information content (AvgIpc) is 3.38. The molecule has 2 fully saturated rings. The summed E-state index contributed by atoms with van der Waals surface area (Å²) in [4.78, 5) is 27.0. The topological polar surface area (TPSA) is 65.8 Å². The monoisotopic (exact) mass is 500 g/mol. The van der Waals surface area contributed by atoms with E-state index in [-0.39, 0.29) is 18.1 Å². The Morgan fingerprint density at radius 2 is 1.81 bits per heavy atom. The van der Waals surface area contributed by atoms with Crippen molar-refractivity contribution in [1.29, 1.82) is 0 Å². The van der Waals surface area contributed by atoms with Gasteiger partial charge in [-0.1, -0.05) is 48.0 Å². The Kier molecular flexibility index (Phi) is 6.11. The number of rotatable bonds is 5. The lowest BCUT2D eigenvalue weighted by atomic mass is 10.1. The predicted octanol–water partition coefficient (Wildman–Crippen LogP) is 4.92. The Morgan fingerprint density at radius 3 is 2.56 bits per heavy atom. The Hall–Kier alpha value is -3.42. The van der Waals surface area contributed by atoms with E-state index in [1.165, 1.54) is 5.56 Å². The van der Waals surface area contributed by atoms with Gasteiger partial charge in [0.15, 0.2) is 0 Å². The van der Waals surface area contributed by atoms with E-state index in [1.807, 2.05) is 48.7 Å². The van der Waals surface area contributed by atoms with Crippen molar-refractivity contribution < 1.29 is 4.79 Å². The lowest BCUT2D eigenvalue weighted by Gasteiger charge is -2.41. The third-order valence-corrected chi connectivity index (χ3v) is 7.73. The fourth-order valence-electron chi connectivity index (χ4n) is 5.66. The SMILES string of the molecule is Cc1ccccc1CNC(=O)N1C2CCC1CN(Cc1c(-c3ccc(Cl)cc3)nc3ncccn13)C2. The summed E-state index contributed by atoms with van der Waals surface area (Å²) in [6.07, 6.45) is 5.87. The molecule has 2 aliphatic rings. The van der Waals surface area contributed by atoms with E-state index in [0.717, 1.165) is 55.0 Å². The molecule has 8 heteroatoms. The number of piperazine rings is 1. The quantitative estimate of drug-likeness (QED) is 0.422. The van der Waals surface area contributed by atoms with Crippen LogP contribution in [0.4, 0.5) is 4.79 Å². The molecule has 184 valence electrons. The number of aryl methyl sites for hydroxylation is 1. The number of likely N-dealkylation sites (tertiary alicyclic amines) is 1. The third-order valence-electron chi connectivity index (χ3n) is 7.48. The van der Waals surface area contributed by atoms with Gasteiger partial charge in [0.1, 0.15) is 0 Å². The van der Waals surface area contributed by atoms with Crippen LogP contribution in [0.15, 0.2) is 67.0 Å². The molecule has 36 heavy (non-hydrogen) atoms. The highest BCUT2D eigenvalue weighted by Crippen LogP contribution is 2.33. The van der Waals surface area contributed by atoms with E-state index in [1.54, 1.807) is 6.20 Å². The zero-order valence-electron chi connectivity index (χ0n) is 20.3. The molecule has 6 rings (SSSR count). The number of aromatic nitrogens is 3. The zero-order chi connectivity index (χ0) is 24.6. The molecule has 4 aromatic rings. The Morgan fingerprint density at radius 1 is 1.06 bits per heavy atom. The van der Waals surface area contributed by atoms with Gasteiger partial charge in [0.2, 0.25) is 5.78 Å². The molecule has 2 bridgehead atoms. The molecule has 0 radical (unpaired) electrons. The van der Waals surface area contributed by atoms with Crippen LogP contribution in [0.3, 0.4) is 0 Å². The fourth-order valence-corrected chi connectivity index (χ4v) is 5.78. The van der Waals surface area contributed by atoms with Crippen molar-refractivity contribution in [3.8, 4) is 11.3 Å². The van der Waals surface area contributed by atoms with Crippen LogP contribution >= 0.6 is 11.6 Å². The lowest BCUT2D eigenvalue weighted by molar-refractivity contribution is 0.0831. The van der Waals surface area contributed by atoms with Crippen LogP contribution in [-0.2, 0) is 13.1 Å². The highest BCUT2D eigenvalue weighted by atomic mass is 35.5. The van der Waals surface area contributed by atoms with E-state index in [0.29, 0.717) is 17.3 Å². The molecule has 4 heterocycles. The molecular weight excluding hydrogens is 472 g/mol. The van der Waals surface area contributed by atoms with Crippen LogP contribution < -0.4 is 5.32 Å². The van der Waals surface area contributed by atoms with Crippen LogP contribution in [0.25, 0.3) is 17.0 Å². The molecule has 2 amide bonds. The molecule has 2 aromatic heterocycles. The summed E-state index contributed by atoms with van der Waals surface area (Å²) in [6.45, 7) is 5.09. The number of urea groups is 1. The van der Waals surface area contributed by atoms with Crippen LogP contribution in [-0.4, -0.2) is 55.4 Å². The van der Waals surface area contributed by atoms with Gasteiger partial charge in [-0.25, -0.2) is 14.8 Å². The number of nitrogens with one attached hydrogen (secondary N) is 1. The maximum absolute atomic E-state index is 13.2. The van der Waals surface area contributed by atoms with Gasteiger partial charge in [-0.2, -0.15) is 0 Å². The maximum atomic E-state index is 13.2. The first kappa shape index (κ1) is 23.0. The van der Waals surface area contributed by atoms with E-state index >= 15 is 0 Å². The van der Waals surface area contributed by atoms with Crippen LogP contribution in [0.2, 0.25) is 5.02 Å². The van der Waals surface area contributed by atoms with Gasteiger partial charge in [-0.3, -0.25) is 9.30 Å². The molecule has 2 aromatic carbocycles. The highest BCUT2D eigenvalue weighted by molar-refractivity contribution is 6.30. The fraction of sp³-hybridized carbons (Fsp3) is 0.321. The van der Waals surface area contributed by atoms with E-state index in [2.05, 4.69) is 43.6 Å². The van der Waals surface area contributed by atoms with Crippen molar-refractivity contribution in [1.82, 2.24) is 29.5 Å². The Labute approximate surface area is 215 Å². The smallest absolute Gasteiger partial charge is 0.318 e. The largest absolute Gasteiger partial charge is 0.334 e. The molecule has 0 spiro atoms. The van der Waals surface area contributed by atoms with E-state index in [9.17, 15) is 4.79 Å². The summed E-state index contributed by atoms with van der Waals surface area (Å²) in [5.41, 5.74) is 5.42. The van der Waals surface area contributed by atoms with Crippen LogP contribution in [0, 0.1) is 6.92 Å². The summed E-state index contributed by atoms with van der Waals surface area (Å²) in [6, 6.07) is 18.4. The molecule has 0 saturated carbocycles. The van der Waals surface area contributed by atoms with Crippen LogP contribution in [0.1, 0.15) is 29.7 Å². The second-order valence-electron chi connectivity index (χ2n) is 9.78. The summed E-state index contributed by atoms with van der Waals surface area (Å²) >= 11 is 6.13. The van der Waals surface area contributed by atoms with Gasteiger partial charge < -0.3 is 10.2 Å². The normalized spacial score (nSPS) is 19.7. The number of carbonyl (C=O) groups is 1. The molecule has 1 N–H and O–H groups in total. The van der Waals surface area contributed by atoms with Crippen molar-refractivity contribution in [2.45, 2.75) is 44.9 Å². The number of carbonyl (C=O) groups excluding carboxylic acids is 1. The van der Waals surface area contributed by atoms with E-state index in [4.69, 9.17) is 16.6 Å². The van der Waals surface area contributed by atoms with E-state index < -0.39 is 0 Å². The first-order valence-electron chi connectivity index (χ1n) is 12.5. The second kappa shape index (κ2) is 9.56. The van der Waals surface area contributed by atoms with Crippen molar-refractivity contribution in [2.75, 3.05) is 13.1 Å². The Balaban J connectivity index is 1.19. The molecular formula is C28H29ClN6O. The average molecular weight is 501 g/mol. The van der Waals surface area contributed by atoms with Gasteiger partial charge in [0, 0.05) is 61.2 Å². The minimum absolute atomic E-state index is 0.0475. The first-order chi connectivity index (χ1) is 17.6. The standard InChI is InChI=1S/C28H29ClN6O/c1-19-5-2-3-6-21(19)15-31-28(36)35-23-11-12-24(35)17-33(16-23)18-25-26(20-7-9-22(29)10-8-20)32-27-30-13-4-14-34(25)27/h2-10,13-14,23-24H,11-12,15-18H2,1H3,(H,31,36). The third kappa shape index (κ3) is 4.33. The first-order valence-corrected chi connectivity index (χ1v) is 12.9. The number of benzene rings is 2. The van der Waals surface area contributed by atoms with Gasteiger partial charge in [0.25, 0.3) is 0 Å². The summed E-state index contributed by atoms with van der Waals surface area (Å²) < 4.78 is 2.08. The number of hydrogen-bond donors (Lipinski definition) is 1. The second-order valence-corrected chi connectivity index (χ2v) is 10.2. The molecule has 7 nitrogen and oxygen atoms in total. The maximum Gasteiger partial charge on any atom is 0.318 e. The minimum atomic E-state index is 0.0475. The molecule has 2 aliphatic heterocycles. The minimum Gasteiger partial charge on any atom is -0.334 e. The Bertz CT molecular complexity index is 1390. The molecule has 0 aliphatic carbocycles. The predicted molar refractivity (Wildman–Crippen MR) is 141 cm³/mol. The van der Waals surface area contributed by atoms with Crippen molar-refractivity contribution in [2.24, 2.45) is 0 Å². The lowest BCUT2D eigenvalue weighted by Crippen LogP contribution is -2.57.